The lowest BCUT2D eigenvalue weighted by Gasteiger charge is -2.11. The first-order chi connectivity index (χ1) is 13.0. The SMILES string of the molecule is CCNC(=S)N/N=C/c1nc2ccc(I)cc2c(=O)n1-c1ccc(F)cc1. The number of aromatic nitrogens is 2. The first-order valence-corrected chi connectivity index (χ1v) is 9.53. The molecule has 6 nitrogen and oxygen atoms in total. The zero-order valence-corrected chi connectivity index (χ0v) is 17.2. The lowest BCUT2D eigenvalue weighted by Crippen LogP contribution is -2.32. The Balaban J connectivity index is 2.15. The van der Waals surface area contributed by atoms with Crippen LogP contribution in [0.5, 0.6) is 0 Å². The second kappa shape index (κ2) is 8.53. The van der Waals surface area contributed by atoms with Gasteiger partial charge >= 0.3 is 0 Å². The van der Waals surface area contributed by atoms with Crippen LogP contribution in [0.2, 0.25) is 0 Å². The van der Waals surface area contributed by atoms with Crippen LogP contribution in [0.1, 0.15) is 12.7 Å². The maximum atomic E-state index is 13.3. The predicted octanol–water partition coefficient (Wildman–Crippen LogP) is 2.95. The van der Waals surface area contributed by atoms with Gasteiger partial charge in [0.25, 0.3) is 5.56 Å². The largest absolute Gasteiger partial charge is 0.362 e. The van der Waals surface area contributed by atoms with E-state index in [1.807, 2.05) is 13.0 Å². The summed E-state index contributed by atoms with van der Waals surface area (Å²) in [6, 6.07) is 11.0. The third-order valence-corrected chi connectivity index (χ3v) is 4.53. The molecule has 2 aromatic carbocycles. The van der Waals surface area contributed by atoms with Crippen LogP contribution < -0.4 is 16.3 Å². The van der Waals surface area contributed by atoms with Crippen molar-refractivity contribution in [3.05, 3.63) is 68.0 Å². The summed E-state index contributed by atoms with van der Waals surface area (Å²) < 4.78 is 15.6. The zero-order chi connectivity index (χ0) is 19.4. The van der Waals surface area contributed by atoms with Gasteiger partial charge in [0.05, 0.1) is 22.8 Å². The van der Waals surface area contributed by atoms with Gasteiger partial charge in [-0.05, 0) is 84.2 Å². The van der Waals surface area contributed by atoms with Gasteiger partial charge in [0.1, 0.15) is 5.82 Å². The Labute approximate surface area is 173 Å². The van der Waals surface area contributed by atoms with E-state index in [-0.39, 0.29) is 11.4 Å². The molecule has 1 aromatic heterocycles. The maximum Gasteiger partial charge on any atom is 0.266 e. The zero-order valence-electron chi connectivity index (χ0n) is 14.2. The molecule has 0 aliphatic carbocycles. The Bertz CT molecular complexity index is 1080. The Morgan fingerprint density at radius 1 is 1.33 bits per heavy atom. The Morgan fingerprint density at radius 2 is 2.07 bits per heavy atom. The maximum absolute atomic E-state index is 13.3. The molecule has 0 aliphatic heterocycles. The summed E-state index contributed by atoms with van der Waals surface area (Å²) >= 11 is 7.20. The smallest absolute Gasteiger partial charge is 0.266 e. The normalized spacial score (nSPS) is 11.1. The number of thiocarbonyl (C=S) groups is 1. The van der Waals surface area contributed by atoms with Crippen molar-refractivity contribution >= 4 is 57.0 Å². The molecule has 0 spiro atoms. The molecular weight excluding hydrogens is 480 g/mol. The first kappa shape index (κ1) is 19.4. The molecule has 0 bridgehead atoms. The van der Waals surface area contributed by atoms with E-state index < -0.39 is 0 Å². The van der Waals surface area contributed by atoms with E-state index >= 15 is 0 Å². The average Bonchev–Trinajstić information content (AvgIpc) is 2.64. The molecule has 0 saturated heterocycles. The lowest BCUT2D eigenvalue weighted by atomic mass is 10.2. The number of nitrogens with one attached hydrogen (secondary N) is 2. The monoisotopic (exact) mass is 495 g/mol. The van der Waals surface area contributed by atoms with Crippen molar-refractivity contribution in [1.29, 1.82) is 0 Å². The molecule has 3 rings (SSSR count). The van der Waals surface area contributed by atoms with Gasteiger partial charge in [-0.1, -0.05) is 0 Å². The molecule has 138 valence electrons. The van der Waals surface area contributed by atoms with Crippen molar-refractivity contribution in [2.75, 3.05) is 6.54 Å². The fourth-order valence-electron chi connectivity index (χ4n) is 2.45. The topological polar surface area (TPSA) is 71.3 Å². The fraction of sp³-hybridized carbons (Fsp3) is 0.111. The van der Waals surface area contributed by atoms with Gasteiger partial charge in [-0.25, -0.2) is 9.37 Å². The van der Waals surface area contributed by atoms with Crippen molar-refractivity contribution in [3.63, 3.8) is 0 Å². The molecule has 0 aliphatic rings. The molecule has 0 radical (unpaired) electrons. The van der Waals surface area contributed by atoms with Gasteiger partial charge < -0.3 is 5.32 Å². The number of rotatable bonds is 4. The summed E-state index contributed by atoms with van der Waals surface area (Å²) in [6.45, 7) is 2.57. The van der Waals surface area contributed by atoms with E-state index in [1.165, 1.54) is 35.0 Å². The first-order valence-electron chi connectivity index (χ1n) is 8.04. The Kier molecular flexibility index (Phi) is 6.11. The average molecular weight is 495 g/mol. The van der Waals surface area contributed by atoms with E-state index in [9.17, 15) is 9.18 Å². The number of hydrogen-bond acceptors (Lipinski definition) is 4. The number of hydrazone groups is 1. The predicted molar refractivity (Wildman–Crippen MR) is 117 cm³/mol. The third-order valence-electron chi connectivity index (χ3n) is 3.62. The summed E-state index contributed by atoms with van der Waals surface area (Å²) in [5.74, 6) is -0.0879. The van der Waals surface area contributed by atoms with Gasteiger partial charge in [-0.15, -0.1) is 0 Å². The second-order valence-electron chi connectivity index (χ2n) is 5.48. The van der Waals surface area contributed by atoms with Crippen LogP contribution in [0, 0.1) is 9.39 Å². The Hall–Kier alpha value is -2.40. The van der Waals surface area contributed by atoms with Gasteiger partial charge in [-0.3, -0.25) is 14.8 Å². The van der Waals surface area contributed by atoms with Crippen LogP contribution in [-0.4, -0.2) is 27.4 Å². The number of benzene rings is 2. The van der Waals surface area contributed by atoms with E-state index in [2.05, 4.69) is 43.4 Å². The van der Waals surface area contributed by atoms with Gasteiger partial charge in [0.2, 0.25) is 0 Å². The van der Waals surface area contributed by atoms with E-state index in [0.29, 0.717) is 34.1 Å². The minimum Gasteiger partial charge on any atom is -0.362 e. The van der Waals surface area contributed by atoms with Crippen molar-refractivity contribution in [2.45, 2.75) is 6.92 Å². The van der Waals surface area contributed by atoms with Crippen LogP contribution in [0.4, 0.5) is 4.39 Å². The highest BCUT2D eigenvalue weighted by molar-refractivity contribution is 14.1. The number of nitrogens with zero attached hydrogens (tertiary/aromatic N) is 3. The van der Waals surface area contributed by atoms with Crippen molar-refractivity contribution in [3.8, 4) is 5.69 Å². The van der Waals surface area contributed by atoms with Crippen molar-refractivity contribution in [1.82, 2.24) is 20.3 Å². The third kappa shape index (κ3) is 4.48. The fourth-order valence-corrected chi connectivity index (χ4v) is 3.14. The van der Waals surface area contributed by atoms with Crippen LogP contribution >= 0.6 is 34.8 Å². The summed E-state index contributed by atoms with van der Waals surface area (Å²) in [7, 11) is 0. The minimum absolute atomic E-state index is 0.263. The van der Waals surface area contributed by atoms with Crippen molar-refractivity contribution in [2.24, 2.45) is 5.10 Å². The van der Waals surface area contributed by atoms with Crippen LogP contribution in [0.25, 0.3) is 16.6 Å². The van der Waals surface area contributed by atoms with E-state index in [1.54, 1.807) is 12.1 Å². The highest BCUT2D eigenvalue weighted by Crippen LogP contribution is 2.15. The molecule has 0 unspecified atom stereocenters. The highest BCUT2D eigenvalue weighted by atomic mass is 127. The van der Waals surface area contributed by atoms with E-state index in [4.69, 9.17) is 12.2 Å². The van der Waals surface area contributed by atoms with Crippen LogP contribution in [-0.2, 0) is 0 Å². The minimum atomic E-state index is -0.386. The molecule has 0 atom stereocenters. The molecule has 1 heterocycles. The number of fused-ring (bicyclic) bond motifs is 1. The molecule has 2 N–H and O–H groups in total. The summed E-state index contributed by atoms with van der Waals surface area (Å²) in [5, 5.41) is 7.79. The van der Waals surface area contributed by atoms with Crippen LogP contribution in [0.15, 0.2) is 52.4 Å². The standard InChI is InChI=1S/C18H15FIN5OS/c1-2-21-18(27)24-22-10-16-23-15-8-5-12(20)9-14(15)17(26)25(16)13-6-3-11(19)4-7-13/h3-10H,2H2,1H3,(H2,21,24,27)/b22-10+. The summed E-state index contributed by atoms with van der Waals surface area (Å²) in [5.41, 5.74) is 3.45. The molecule has 9 heteroatoms. The van der Waals surface area contributed by atoms with Crippen LogP contribution in [0.3, 0.4) is 0 Å². The summed E-state index contributed by atoms with van der Waals surface area (Å²) in [6.07, 6.45) is 1.41. The molecule has 0 fully saturated rings. The molecule has 3 aromatic rings. The van der Waals surface area contributed by atoms with E-state index in [0.717, 1.165) is 3.57 Å². The van der Waals surface area contributed by atoms with Gasteiger partial charge in [0, 0.05) is 10.1 Å². The quantitative estimate of drug-likeness (QED) is 0.252. The Morgan fingerprint density at radius 3 is 2.78 bits per heavy atom. The molecular formula is C18H15FIN5OS. The number of halogens is 2. The summed E-state index contributed by atoms with van der Waals surface area (Å²) in [4.78, 5) is 17.6. The van der Waals surface area contributed by atoms with Crippen molar-refractivity contribution < 1.29 is 4.39 Å². The molecule has 0 amide bonds. The lowest BCUT2D eigenvalue weighted by molar-refractivity contribution is 0.627. The molecule has 0 saturated carbocycles. The molecule has 27 heavy (non-hydrogen) atoms. The second-order valence-corrected chi connectivity index (χ2v) is 7.13. The number of hydrogen-bond donors (Lipinski definition) is 2. The van der Waals surface area contributed by atoms with Gasteiger partial charge in [0.15, 0.2) is 10.9 Å². The highest BCUT2D eigenvalue weighted by Gasteiger charge is 2.12. The van der Waals surface area contributed by atoms with Gasteiger partial charge in [-0.2, -0.15) is 5.10 Å².